The molecule has 0 saturated carbocycles. The first-order chi connectivity index (χ1) is 7.02. The minimum Gasteiger partial charge on any atom is -0.481 e. The number of hydrogen-bond acceptors (Lipinski definition) is 3. The Morgan fingerprint density at radius 2 is 2.33 bits per heavy atom. The van der Waals surface area contributed by atoms with Crippen LogP contribution >= 0.6 is 11.6 Å². The van der Waals surface area contributed by atoms with E-state index in [2.05, 4.69) is 4.98 Å². The first-order valence-electron chi connectivity index (χ1n) is 4.59. The van der Waals surface area contributed by atoms with Crippen LogP contribution in [0.4, 0.5) is 0 Å². The fourth-order valence-corrected chi connectivity index (χ4v) is 1.70. The maximum absolute atomic E-state index is 10.6. The highest BCUT2D eigenvalue weighted by atomic mass is 35.5. The van der Waals surface area contributed by atoms with Crippen LogP contribution in [-0.2, 0) is 4.79 Å². The molecule has 0 aromatic carbocycles. The van der Waals surface area contributed by atoms with Crippen molar-refractivity contribution in [3.8, 4) is 0 Å². The molecule has 0 saturated heterocycles. The summed E-state index contributed by atoms with van der Waals surface area (Å²) in [4.78, 5) is 14.6. The van der Waals surface area contributed by atoms with Gasteiger partial charge in [0.2, 0.25) is 0 Å². The number of rotatable bonds is 4. The maximum atomic E-state index is 10.6. The lowest BCUT2D eigenvalue weighted by molar-refractivity contribution is -0.137. The van der Waals surface area contributed by atoms with Gasteiger partial charge in [0.25, 0.3) is 0 Å². The lowest BCUT2D eigenvalue weighted by Gasteiger charge is -2.13. The van der Waals surface area contributed by atoms with E-state index >= 15 is 0 Å². The minimum atomic E-state index is -0.865. The number of nitrogens with zero attached hydrogens (tertiary/aromatic N) is 1. The standard InChI is InChI=1S/C10H13ClN2O2/c1-6-2-7(3-9(11)13-6)8(5-12)4-10(14)15/h2-3,8H,4-5,12H2,1H3,(H,14,15). The van der Waals surface area contributed by atoms with Crippen molar-refractivity contribution in [1.29, 1.82) is 0 Å². The van der Waals surface area contributed by atoms with E-state index in [9.17, 15) is 4.79 Å². The van der Waals surface area contributed by atoms with Crippen LogP contribution in [0.2, 0.25) is 5.15 Å². The van der Waals surface area contributed by atoms with Crippen molar-refractivity contribution in [3.05, 3.63) is 28.5 Å². The highest BCUT2D eigenvalue weighted by Gasteiger charge is 2.14. The fraction of sp³-hybridized carbons (Fsp3) is 0.400. The topological polar surface area (TPSA) is 76.2 Å². The molecule has 0 fully saturated rings. The van der Waals surface area contributed by atoms with E-state index in [1.807, 2.05) is 13.0 Å². The molecule has 0 aliphatic heterocycles. The molecule has 0 spiro atoms. The average molecular weight is 229 g/mol. The van der Waals surface area contributed by atoms with Crippen LogP contribution in [-0.4, -0.2) is 22.6 Å². The lowest BCUT2D eigenvalue weighted by atomic mass is 9.96. The summed E-state index contributed by atoms with van der Waals surface area (Å²) in [5.74, 6) is -1.07. The monoisotopic (exact) mass is 228 g/mol. The quantitative estimate of drug-likeness (QED) is 0.767. The van der Waals surface area contributed by atoms with Crippen LogP contribution in [0.5, 0.6) is 0 Å². The SMILES string of the molecule is Cc1cc(C(CN)CC(=O)O)cc(Cl)n1. The van der Waals surface area contributed by atoms with Crippen LogP contribution in [0, 0.1) is 6.92 Å². The smallest absolute Gasteiger partial charge is 0.304 e. The Morgan fingerprint density at radius 1 is 1.67 bits per heavy atom. The molecule has 1 heterocycles. The molecule has 0 amide bonds. The number of halogens is 1. The van der Waals surface area contributed by atoms with E-state index < -0.39 is 5.97 Å². The van der Waals surface area contributed by atoms with Gasteiger partial charge in [-0.25, -0.2) is 4.98 Å². The van der Waals surface area contributed by atoms with Gasteiger partial charge in [-0.1, -0.05) is 11.6 Å². The Labute approximate surface area is 93.1 Å². The van der Waals surface area contributed by atoms with Gasteiger partial charge in [0.15, 0.2) is 0 Å². The number of nitrogens with two attached hydrogens (primary N) is 1. The van der Waals surface area contributed by atoms with Gasteiger partial charge in [0.05, 0.1) is 6.42 Å². The third-order valence-electron chi connectivity index (χ3n) is 2.12. The maximum Gasteiger partial charge on any atom is 0.304 e. The molecule has 1 aromatic rings. The average Bonchev–Trinajstić information content (AvgIpc) is 2.12. The van der Waals surface area contributed by atoms with Crippen molar-refractivity contribution >= 4 is 17.6 Å². The van der Waals surface area contributed by atoms with Crippen molar-refractivity contribution in [2.45, 2.75) is 19.3 Å². The van der Waals surface area contributed by atoms with Gasteiger partial charge in [-0.05, 0) is 31.2 Å². The summed E-state index contributed by atoms with van der Waals surface area (Å²) in [5.41, 5.74) is 7.12. The van der Waals surface area contributed by atoms with Gasteiger partial charge >= 0.3 is 5.97 Å². The number of carboxylic acid groups (broad SMARTS) is 1. The van der Waals surface area contributed by atoms with Gasteiger partial charge in [0.1, 0.15) is 5.15 Å². The lowest BCUT2D eigenvalue weighted by Crippen LogP contribution is -2.16. The molecule has 0 aliphatic rings. The highest BCUT2D eigenvalue weighted by molar-refractivity contribution is 6.29. The predicted molar refractivity (Wildman–Crippen MR) is 58.0 cm³/mol. The highest BCUT2D eigenvalue weighted by Crippen LogP contribution is 2.21. The second-order valence-electron chi connectivity index (χ2n) is 3.40. The van der Waals surface area contributed by atoms with Crippen molar-refractivity contribution in [2.24, 2.45) is 5.73 Å². The summed E-state index contributed by atoms with van der Waals surface area (Å²) in [5, 5.41) is 9.08. The molecular weight excluding hydrogens is 216 g/mol. The Hall–Kier alpha value is -1.13. The summed E-state index contributed by atoms with van der Waals surface area (Å²) in [7, 11) is 0. The number of carbonyl (C=O) groups is 1. The summed E-state index contributed by atoms with van der Waals surface area (Å²) in [6, 6.07) is 3.47. The van der Waals surface area contributed by atoms with Gasteiger partial charge < -0.3 is 10.8 Å². The van der Waals surface area contributed by atoms with E-state index in [1.165, 1.54) is 0 Å². The van der Waals surface area contributed by atoms with E-state index in [0.717, 1.165) is 11.3 Å². The van der Waals surface area contributed by atoms with Crippen LogP contribution in [0.3, 0.4) is 0 Å². The van der Waals surface area contributed by atoms with Gasteiger partial charge in [-0.2, -0.15) is 0 Å². The van der Waals surface area contributed by atoms with Crippen LogP contribution < -0.4 is 5.73 Å². The van der Waals surface area contributed by atoms with Gasteiger partial charge in [0, 0.05) is 11.6 Å². The molecule has 5 heteroatoms. The molecule has 1 aromatic heterocycles. The number of aliphatic carboxylic acids is 1. The van der Waals surface area contributed by atoms with Crippen molar-refractivity contribution in [3.63, 3.8) is 0 Å². The van der Waals surface area contributed by atoms with Crippen LogP contribution in [0.1, 0.15) is 23.6 Å². The largest absolute Gasteiger partial charge is 0.481 e. The molecule has 0 radical (unpaired) electrons. The van der Waals surface area contributed by atoms with Crippen LogP contribution in [0.15, 0.2) is 12.1 Å². The molecule has 3 N–H and O–H groups in total. The summed E-state index contributed by atoms with van der Waals surface area (Å²) < 4.78 is 0. The predicted octanol–water partition coefficient (Wildman–Crippen LogP) is 1.56. The Bertz CT molecular complexity index is 348. The minimum absolute atomic E-state index is 0.0102. The third kappa shape index (κ3) is 3.49. The van der Waals surface area contributed by atoms with E-state index in [0.29, 0.717) is 5.15 Å². The summed E-state index contributed by atoms with van der Waals surface area (Å²) in [6.07, 6.45) is 0.0102. The van der Waals surface area contributed by atoms with Crippen LogP contribution in [0.25, 0.3) is 0 Å². The zero-order valence-electron chi connectivity index (χ0n) is 8.40. The molecule has 1 unspecified atom stereocenters. The number of carboxylic acids is 1. The molecular formula is C10H13ClN2O2. The zero-order chi connectivity index (χ0) is 11.4. The van der Waals surface area contributed by atoms with E-state index in [1.54, 1.807) is 6.07 Å². The van der Waals surface area contributed by atoms with Crippen molar-refractivity contribution in [1.82, 2.24) is 4.98 Å². The van der Waals surface area contributed by atoms with Gasteiger partial charge in [-0.15, -0.1) is 0 Å². The van der Waals surface area contributed by atoms with E-state index in [4.69, 9.17) is 22.4 Å². The first kappa shape index (κ1) is 11.9. The second kappa shape index (κ2) is 5.09. The van der Waals surface area contributed by atoms with Crippen molar-refractivity contribution < 1.29 is 9.90 Å². The molecule has 82 valence electrons. The molecule has 15 heavy (non-hydrogen) atoms. The Balaban J connectivity index is 2.95. The zero-order valence-corrected chi connectivity index (χ0v) is 9.16. The molecule has 4 nitrogen and oxygen atoms in total. The number of pyridine rings is 1. The molecule has 0 bridgehead atoms. The Morgan fingerprint density at radius 3 is 2.80 bits per heavy atom. The molecule has 0 aliphatic carbocycles. The molecule has 1 rings (SSSR count). The number of hydrogen-bond donors (Lipinski definition) is 2. The number of aromatic nitrogens is 1. The molecule has 1 atom stereocenters. The fourth-order valence-electron chi connectivity index (χ4n) is 1.44. The summed E-state index contributed by atoms with van der Waals surface area (Å²) in [6.45, 7) is 2.09. The second-order valence-corrected chi connectivity index (χ2v) is 3.78. The third-order valence-corrected chi connectivity index (χ3v) is 2.32. The Kier molecular flexibility index (Phi) is 4.05. The number of aryl methyl sites for hydroxylation is 1. The van der Waals surface area contributed by atoms with Gasteiger partial charge in [-0.3, -0.25) is 4.79 Å². The normalized spacial score (nSPS) is 12.5. The first-order valence-corrected chi connectivity index (χ1v) is 4.96. The summed E-state index contributed by atoms with van der Waals surface area (Å²) >= 11 is 5.79. The van der Waals surface area contributed by atoms with E-state index in [-0.39, 0.29) is 18.9 Å². The van der Waals surface area contributed by atoms with Crippen molar-refractivity contribution in [2.75, 3.05) is 6.54 Å².